The van der Waals surface area contributed by atoms with Gasteiger partial charge in [0, 0.05) is 13.7 Å². The minimum absolute atomic E-state index is 0.0413. The van der Waals surface area contributed by atoms with Crippen LogP contribution in [0.15, 0.2) is 0 Å². The summed E-state index contributed by atoms with van der Waals surface area (Å²) in [6.45, 7) is 1.40. The lowest BCUT2D eigenvalue weighted by atomic mass is 10.1. The molecule has 2 N–H and O–H groups in total. The van der Waals surface area contributed by atoms with E-state index >= 15 is 0 Å². The molecule has 88 valence electrons. The summed E-state index contributed by atoms with van der Waals surface area (Å²) in [5, 5.41) is 0. The fourth-order valence-corrected chi connectivity index (χ4v) is 2.13. The number of nitrogens with two attached hydrogens (primary N) is 1. The van der Waals surface area contributed by atoms with E-state index in [0.717, 1.165) is 25.2 Å². The first-order valence-electron chi connectivity index (χ1n) is 5.25. The van der Waals surface area contributed by atoms with Crippen molar-refractivity contribution in [2.45, 2.75) is 24.9 Å². The Morgan fingerprint density at radius 2 is 2.47 bits per heavy atom. The molecule has 1 rings (SSSR count). The van der Waals surface area contributed by atoms with E-state index in [4.69, 9.17) is 10.5 Å². The van der Waals surface area contributed by atoms with Gasteiger partial charge in [0.25, 0.3) is 0 Å². The highest BCUT2D eigenvalue weighted by Crippen LogP contribution is 2.12. The van der Waals surface area contributed by atoms with E-state index in [9.17, 15) is 4.79 Å². The Morgan fingerprint density at radius 3 is 3.00 bits per heavy atom. The molecule has 1 aliphatic rings. The summed E-state index contributed by atoms with van der Waals surface area (Å²) >= 11 is 1.72. The van der Waals surface area contributed by atoms with E-state index in [-0.39, 0.29) is 18.0 Å². The number of rotatable bonds is 5. The van der Waals surface area contributed by atoms with Gasteiger partial charge in [-0.15, -0.1) is 0 Å². The highest BCUT2D eigenvalue weighted by Gasteiger charge is 2.26. The zero-order valence-electron chi connectivity index (χ0n) is 9.44. The topological polar surface area (TPSA) is 55.6 Å². The van der Waals surface area contributed by atoms with Crippen molar-refractivity contribution in [2.75, 3.05) is 32.3 Å². The Kier molecular flexibility index (Phi) is 5.42. The van der Waals surface area contributed by atoms with E-state index in [1.807, 2.05) is 13.3 Å². The number of thioether (sulfide) groups is 1. The van der Waals surface area contributed by atoms with Crippen LogP contribution in [0.3, 0.4) is 0 Å². The van der Waals surface area contributed by atoms with E-state index in [1.54, 1.807) is 16.7 Å². The summed E-state index contributed by atoms with van der Waals surface area (Å²) in [5.41, 5.74) is 5.83. The number of nitrogens with zero attached hydrogens (tertiary/aromatic N) is 1. The fourth-order valence-electron chi connectivity index (χ4n) is 1.64. The second kappa shape index (κ2) is 6.35. The van der Waals surface area contributed by atoms with Gasteiger partial charge in [-0.1, -0.05) is 0 Å². The van der Waals surface area contributed by atoms with Gasteiger partial charge < -0.3 is 15.4 Å². The average molecular weight is 232 g/mol. The van der Waals surface area contributed by atoms with Gasteiger partial charge >= 0.3 is 0 Å². The first-order chi connectivity index (χ1) is 7.16. The third-order valence-electron chi connectivity index (χ3n) is 2.75. The normalized spacial score (nSPS) is 22.7. The monoisotopic (exact) mass is 232 g/mol. The summed E-state index contributed by atoms with van der Waals surface area (Å²) < 4.78 is 5.25. The quantitative estimate of drug-likeness (QED) is 0.741. The highest BCUT2D eigenvalue weighted by atomic mass is 32.2. The molecular weight excluding hydrogens is 212 g/mol. The maximum absolute atomic E-state index is 11.9. The molecule has 0 aliphatic carbocycles. The Labute approximate surface area is 95.5 Å². The summed E-state index contributed by atoms with van der Waals surface area (Å²) in [5.74, 6) is 0.974. The zero-order valence-corrected chi connectivity index (χ0v) is 10.3. The van der Waals surface area contributed by atoms with Crippen molar-refractivity contribution in [3.05, 3.63) is 0 Å². The SMILES string of the molecule is CSCC[C@@H](N)C(=O)N(C)C1CCOC1. The predicted molar refractivity (Wildman–Crippen MR) is 63.0 cm³/mol. The van der Waals surface area contributed by atoms with Crippen LogP contribution in [0, 0.1) is 0 Å². The molecule has 1 aliphatic heterocycles. The van der Waals surface area contributed by atoms with Crippen molar-refractivity contribution >= 4 is 17.7 Å². The first-order valence-corrected chi connectivity index (χ1v) is 6.65. The van der Waals surface area contributed by atoms with Gasteiger partial charge in [0.15, 0.2) is 0 Å². The van der Waals surface area contributed by atoms with Crippen LogP contribution in [0.25, 0.3) is 0 Å². The molecule has 15 heavy (non-hydrogen) atoms. The van der Waals surface area contributed by atoms with Crippen molar-refractivity contribution in [3.8, 4) is 0 Å². The number of carbonyl (C=O) groups excluding carboxylic acids is 1. The summed E-state index contributed by atoms with van der Waals surface area (Å²) in [6, 6.07) is -0.138. The summed E-state index contributed by atoms with van der Waals surface area (Å²) in [6.07, 6.45) is 3.70. The number of amides is 1. The fraction of sp³-hybridized carbons (Fsp3) is 0.900. The second-order valence-corrected chi connectivity index (χ2v) is 4.84. The second-order valence-electron chi connectivity index (χ2n) is 3.85. The summed E-state index contributed by atoms with van der Waals surface area (Å²) in [7, 11) is 1.82. The minimum atomic E-state index is -0.358. The van der Waals surface area contributed by atoms with Crippen molar-refractivity contribution in [1.82, 2.24) is 4.90 Å². The van der Waals surface area contributed by atoms with Gasteiger partial charge in [-0.05, 0) is 24.9 Å². The van der Waals surface area contributed by atoms with Crippen LogP contribution in [0.2, 0.25) is 0 Å². The van der Waals surface area contributed by atoms with Crippen LogP contribution >= 0.6 is 11.8 Å². The lowest BCUT2D eigenvalue weighted by Crippen LogP contribution is -2.47. The molecule has 1 heterocycles. The van der Waals surface area contributed by atoms with Crippen LogP contribution in [0.4, 0.5) is 0 Å². The molecule has 1 saturated heterocycles. The third kappa shape index (κ3) is 3.66. The van der Waals surface area contributed by atoms with Crippen LogP contribution in [0.1, 0.15) is 12.8 Å². The van der Waals surface area contributed by atoms with Crippen LogP contribution < -0.4 is 5.73 Å². The van der Waals surface area contributed by atoms with Crippen LogP contribution in [-0.4, -0.2) is 55.2 Å². The Hall–Kier alpha value is -0.260. The average Bonchev–Trinajstić information content (AvgIpc) is 2.77. The number of carbonyl (C=O) groups is 1. The Bertz CT molecular complexity index is 208. The molecule has 1 amide bonds. The van der Waals surface area contributed by atoms with E-state index < -0.39 is 0 Å². The van der Waals surface area contributed by atoms with E-state index in [0.29, 0.717) is 6.61 Å². The van der Waals surface area contributed by atoms with Crippen LogP contribution in [-0.2, 0) is 9.53 Å². The molecule has 1 fully saturated rings. The predicted octanol–water partition coefficient (Wildman–Crippen LogP) is 0.314. The molecular formula is C10H20N2O2S. The molecule has 0 aromatic carbocycles. The molecule has 0 radical (unpaired) electrons. The molecule has 0 aromatic rings. The van der Waals surface area contributed by atoms with Gasteiger partial charge in [-0.2, -0.15) is 11.8 Å². The van der Waals surface area contributed by atoms with Gasteiger partial charge in [0.2, 0.25) is 5.91 Å². The number of hydrogen-bond acceptors (Lipinski definition) is 4. The lowest BCUT2D eigenvalue weighted by Gasteiger charge is -2.26. The third-order valence-corrected chi connectivity index (χ3v) is 3.40. The van der Waals surface area contributed by atoms with Gasteiger partial charge in [-0.3, -0.25) is 4.79 Å². The molecule has 1 unspecified atom stereocenters. The smallest absolute Gasteiger partial charge is 0.239 e. The Balaban J connectivity index is 2.36. The molecule has 0 aromatic heterocycles. The molecule has 0 spiro atoms. The number of ether oxygens (including phenoxy) is 1. The standard InChI is InChI=1S/C10H20N2O2S/c1-12(8-3-5-14-7-8)10(13)9(11)4-6-15-2/h8-9H,3-7,11H2,1-2H3/t8?,9-/m1/s1. The van der Waals surface area contributed by atoms with Crippen molar-refractivity contribution < 1.29 is 9.53 Å². The minimum Gasteiger partial charge on any atom is -0.379 e. The number of hydrogen-bond donors (Lipinski definition) is 1. The summed E-state index contributed by atoms with van der Waals surface area (Å²) in [4.78, 5) is 13.6. The molecule has 0 bridgehead atoms. The molecule has 2 atom stereocenters. The molecule has 0 saturated carbocycles. The van der Waals surface area contributed by atoms with Crippen molar-refractivity contribution in [2.24, 2.45) is 5.73 Å². The largest absolute Gasteiger partial charge is 0.379 e. The first kappa shape index (κ1) is 12.8. The van der Waals surface area contributed by atoms with Gasteiger partial charge in [0.1, 0.15) is 0 Å². The van der Waals surface area contributed by atoms with Crippen molar-refractivity contribution in [3.63, 3.8) is 0 Å². The van der Waals surface area contributed by atoms with Crippen LogP contribution in [0.5, 0.6) is 0 Å². The lowest BCUT2D eigenvalue weighted by molar-refractivity contribution is -0.133. The van der Waals surface area contributed by atoms with Gasteiger partial charge in [0.05, 0.1) is 18.7 Å². The molecule has 5 heteroatoms. The van der Waals surface area contributed by atoms with Gasteiger partial charge in [-0.25, -0.2) is 0 Å². The zero-order chi connectivity index (χ0) is 11.3. The maximum atomic E-state index is 11.9. The number of likely N-dealkylation sites (N-methyl/N-ethyl adjacent to an activating group) is 1. The maximum Gasteiger partial charge on any atom is 0.239 e. The molecule has 4 nitrogen and oxygen atoms in total. The van der Waals surface area contributed by atoms with E-state index in [1.165, 1.54) is 0 Å². The van der Waals surface area contributed by atoms with Crippen molar-refractivity contribution in [1.29, 1.82) is 0 Å². The Morgan fingerprint density at radius 1 is 1.73 bits per heavy atom. The van der Waals surface area contributed by atoms with E-state index in [2.05, 4.69) is 0 Å². The highest BCUT2D eigenvalue weighted by molar-refractivity contribution is 7.98.